The zero-order valence-electron chi connectivity index (χ0n) is 7.88. The van der Waals surface area contributed by atoms with Crippen LogP contribution in [0.1, 0.15) is 17.3 Å². The third kappa shape index (κ3) is 2.49. The summed E-state index contributed by atoms with van der Waals surface area (Å²) in [5, 5.41) is 0.558. The van der Waals surface area contributed by atoms with Gasteiger partial charge in [0.15, 0.2) is 0 Å². The number of carbonyl (C=O) groups is 1. The first kappa shape index (κ1) is 11.5. The zero-order valence-corrected chi connectivity index (χ0v) is 10.2. The van der Waals surface area contributed by atoms with E-state index in [1.54, 1.807) is 25.3 Å². The lowest BCUT2D eigenvalue weighted by atomic mass is 10.1. The molecule has 1 aromatic rings. The fourth-order valence-electron chi connectivity index (χ4n) is 1.06. The van der Waals surface area contributed by atoms with Crippen LogP contribution in [0.25, 0.3) is 0 Å². The molecule has 0 saturated carbocycles. The van der Waals surface area contributed by atoms with Gasteiger partial charge in [-0.15, -0.1) is 0 Å². The van der Waals surface area contributed by atoms with Gasteiger partial charge in [0.1, 0.15) is 11.5 Å². The molecule has 0 fully saturated rings. The maximum atomic E-state index is 11.1. The standard InChI is InChI=1S/C10H10BrClO2/c1-6(13)10(11)8-5-7(14-2)3-4-9(8)12/h3-5,10H,1-2H3. The lowest BCUT2D eigenvalue weighted by Gasteiger charge is -2.10. The van der Waals surface area contributed by atoms with Crippen LogP contribution in [0.4, 0.5) is 0 Å². The molecule has 0 aliphatic carbocycles. The van der Waals surface area contributed by atoms with Crippen molar-refractivity contribution in [2.45, 2.75) is 11.8 Å². The highest BCUT2D eigenvalue weighted by molar-refractivity contribution is 9.09. The molecule has 0 N–H and O–H groups in total. The van der Waals surface area contributed by atoms with Crippen molar-refractivity contribution in [2.24, 2.45) is 0 Å². The van der Waals surface area contributed by atoms with E-state index in [2.05, 4.69) is 15.9 Å². The van der Waals surface area contributed by atoms with E-state index in [4.69, 9.17) is 16.3 Å². The van der Waals surface area contributed by atoms with Crippen molar-refractivity contribution in [3.05, 3.63) is 28.8 Å². The average Bonchev–Trinajstić information content (AvgIpc) is 2.17. The van der Waals surface area contributed by atoms with Crippen molar-refractivity contribution < 1.29 is 9.53 Å². The molecule has 0 aliphatic rings. The molecule has 1 atom stereocenters. The Labute approximate surface area is 96.3 Å². The van der Waals surface area contributed by atoms with Gasteiger partial charge in [-0.2, -0.15) is 0 Å². The van der Waals surface area contributed by atoms with Crippen LogP contribution in [0.15, 0.2) is 18.2 Å². The molecule has 76 valence electrons. The Morgan fingerprint density at radius 2 is 2.21 bits per heavy atom. The Morgan fingerprint density at radius 1 is 1.57 bits per heavy atom. The van der Waals surface area contributed by atoms with E-state index < -0.39 is 0 Å². The predicted octanol–water partition coefficient (Wildman–Crippen LogP) is 3.37. The summed E-state index contributed by atoms with van der Waals surface area (Å²) < 4.78 is 5.05. The summed E-state index contributed by atoms with van der Waals surface area (Å²) in [4.78, 5) is 10.8. The van der Waals surface area contributed by atoms with Gasteiger partial charge in [0.25, 0.3) is 0 Å². The van der Waals surface area contributed by atoms with Crippen LogP contribution in [-0.2, 0) is 4.79 Å². The molecule has 1 aromatic carbocycles. The second kappa shape index (κ2) is 4.80. The maximum absolute atomic E-state index is 11.1. The Kier molecular flexibility index (Phi) is 3.96. The number of Topliss-reactive ketones (excluding diaryl/α,β-unsaturated/α-hetero) is 1. The van der Waals surface area contributed by atoms with Gasteiger partial charge in [0.05, 0.1) is 11.9 Å². The van der Waals surface area contributed by atoms with Gasteiger partial charge >= 0.3 is 0 Å². The van der Waals surface area contributed by atoms with Crippen LogP contribution in [-0.4, -0.2) is 12.9 Å². The molecule has 1 rings (SSSR count). The molecule has 2 nitrogen and oxygen atoms in total. The van der Waals surface area contributed by atoms with E-state index in [1.165, 1.54) is 6.92 Å². The molecule has 14 heavy (non-hydrogen) atoms. The summed E-state index contributed by atoms with van der Waals surface area (Å²) in [5.41, 5.74) is 0.735. The minimum Gasteiger partial charge on any atom is -0.497 e. The van der Waals surface area contributed by atoms with E-state index in [-0.39, 0.29) is 10.6 Å². The third-order valence-corrected chi connectivity index (χ3v) is 3.32. The summed E-state index contributed by atoms with van der Waals surface area (Å²) >= 11 is 9.23. The summed E-state index contributed by atoms with van der Waals surface area (Å²) in [7, 11) is 1.57. The number of carbonyl (C=O) groups excluding carboxylic acids is 1. The van der Waals surface area contributed by atoms with Crippen LogP contribution >= 0.6 is 27.5 Å². The maximum Gasteiger partial charge on any atom is 0.147 e. The van der Waals surface area contributed by atoms with Crippen LogP contribution < -0.4 is 4.74 Å². The Hall–Kier alpha value is -0.540. The monoisotopic (exact) mass is 276 g/mol. The van der Waals surface area contributed by atoms with Crippen molar-refractivity contribution >= 4 is 33.3 Å². The van der Waals surface area contributed by atoms with E-state index in [0.29, 0.717) is 10.8 Å². The first-order valence-electron chi connectivity index (χ1n) is 4.04. The van der Waals surface area contributed by atoms with Crippen molar-refractivity contribution in [2.75, 3.05) is 7.11 Å². The van der Waals surface area contributed by atoms with Gasteiger partial charge in [-0.1, -0.05) is 27.5 Å². The number of ketones is 1. The molecule has 1 unspecified atom stereocenters. The topological polar surface area (TPSA) is 26.3 Å². The number of hydrogen-bond donors (Lipinski definition) is 0. The molecule has 0 aromatic heterocycles. The third-order valence-electron chi connectivity index (χ3n) is 1.83. The Morgan fingerprint density at radius 3 is 2.71 bits per heavy atom. The van der Waals surface area contributed by atoms with Crippen molar-refractivity contribution in [1.82, 2.24) is 0 Å². The molecule has 0 heterocycles. The smallest absolute Gasteiger partial charge is 0.147 e. The largest absolute Gasteiger partial charge is 0.497 e. The highest BCUT2D eigenvalue weighted by Crippen LogP contribution is 2.32. The van der Waals surface area contributed by atoms with E-state index >= 15 is 0 Å². The van der Waals surface area contributed by atoms with Crippen molar-refractivity contribution in [3.63, 3.8) is 0 Å². The van der Waals surface area contributed by atoms with Crippen LogP contribution in [0.3, 0.4) is 0 Å². The number of hydrogen-bond acceptors (Lipinski definition) is 2. The number of halogens is 2. The first-order valence-corrected chi connectivity index (χ1v) is 5.33. The fourth-order valence-corrected chi connectivity index (χ4v) is 1.80. The highest BCUT2D eigenvalue weighted by Gasteiger charge is 2.16. The molecule has 4 heteroatoms. The van der Waals surface area contributed by atoms with Crippen LogP contribution in [0, 0.1) is 0 Å². The lowest BCUT2D eigenvalue weighted by molar-refractivity contribution is -0.116. The molecule has 0 aliphatic heterocycles. The van der Waals surface area contributed by atoms with Gasteiger partial charge in [0, 0.05) is 5.02 Å². The number of alkyl halides is 1. The number of ether oxygens (including phenoxy) is 1. The van der Waals surface area contributed by atoms with Crippen LogP contribution in [0.2, 0.25) is 5.02 Å². The van der Waals surface area contributed by atoms with E-state index in [9.17, 15) is 4.79 Å². The molecule has 0 bridgehead atoms. The average molecular weight is 278 g/mol. The number of rotatable bonds is 3. The Bertz CT molecular complexity index is 352. The summed E-state index contributed by atoms with van der Waals surface area (Å²) in [6.45, 7) is 1.51. The first-order chi connectivity index (χ1) is 6.56. The van der Waals surface area contributed by atoms with Gasteiger partial charge in [-0.05, 0) is 30.7 Å². The molecule has 0 radical (unpaired) electrons. The van der Waals surface area contributed by atoms with E-state index in [0.717, 1.165) is 5.56 Å². The normalized spacial score (nSPS) is 12.3. The highest BCUT2D eigenvalue weighted by atomic mass is 79.9. The molecule has 0 spiro atoms. The quantitative estimate of drug-likeness (QED) is 0.792. The Balaban J connectivity index is 3.11. The molecule has 0 saturated heterocycles. The molecule has 0 amide bonds. The lowest BCUT2D eigenvalue weighted by Crippen LogP contribution is -2.02. The molecular weight excluding hydrogens is 267 g/mol. The predicted molar refractivity (Wildman–Crippen MR) is 60.4 cm³/mol. The zero-order chi connectivity index (χ0) is 10.7. The van der Waals surface area contributed by atoms with Crippen LogP contribution in [0.5, 0.6) is 5.75 Å². The van der Waals surface area contributed by atoms with Crippen molar-refractivity contribution in [3.8, 4) is 5.75 Å². The van der Waals surface area contributed by atoms with Crippen molar-refractivity contribution in [1.29, 1.82) is 0 Å². The number of benzene rings is 1. The van der Waals surface area contributed by atoms with Gasteiger partial charge in [-0.3, -0.25) is 4.79 Å². The number of methoxy groups -OCH3 is 1. The summed E-state index contributed by atoms with van der Waals surface area (Å²) in [5.74, 6) is 0.704. The van der Waals surface area contributed by atoms with Gasteiger partial charge in [0.2, 0.25) is 0 Å². The summed E-state index contributed by atoms with van der Waals surface area (Å²) in [6, 6.07) is 5.22. The fraction of sp³-hybridized carbons (Fsp3) is 0.300. The minimum absolute atomic E-state index is 0.0140. The second-order valence-corrected chi connectivity index (χ2v) is 4.18. The second-order valence-electron chi connectivity index (χ2n) is 2.86. The van der Waals surface area contributed by atoms with E-state index in [1.807, 2.05) is 0 Å². The minimum atomic E-state index is -0.370. The van der Waals surface area contributed by atoms with Gasteiger partial charge < -0.3 is 4.74 Å². The molecular formula is C10H10BrClO2. The summed E-state index contributed by atoms with van der Waals surface area (Å²) in [6.07, 6.45) is 0. The van der Waals surface area contributed by atoms with Gasteiger partial charge in [-0.25, -0.2) is 0 Å². The SMILES string of the molecule is COc1ccc(Cl)c(C(Br)C(C)=O)c1.